The van der Waals surface area contributed by atoms with Gasteiger partial charge in [-0.05, 0) is 42.9 Å². The quantitative estimate of drug-likeness (QED) is 0.710. The average Bonchev–Trinajstić information content (AvgIpc) is 2.42. The third-order valence-corrected chi connectivity index (χ3v) is 4.24. The molecule has 2 rings (SSSR count). The first kappa shape index (κ1) is 15.5. The summed E-state index contributed by atoms with van der Waals surface area (Å²) < 4.78 is 0. The van der Waals surface area contributed by atoms with E-state index in [1.807, 2.05) is 18.2 Å². The molecule has 1 amide bonds. The second-order valence-corrected chi connectivity index (χ2v) is 5.80. The molecule has 0 saturated heterocycles. The molecule has 0 aliphatic heterocycles. The van der Waals surface area contributed by atoms with E-state index < -0.39 is 5.97 Å². The molecule has 1 aromatic carbocycles. The highest BCUT2D eigenvalue weighted by atomic mass is 16.4. The fraction of sp³-hybridized carbons (Fsp3) is 0.500. The van der Waals surface area contributed by atoms with Gasteiger partial charge in [0.2, 0.25) is 0 Å². The largest absolute Gasteiger partial charge is 0.481 e. The standard InChI is InChI=1S/C16H22N2O3/c17-9-6-12-4-1-2-5-13(12)15(21)18-11-16(7-3-8-16)10-14(19)20/h1-2,4-5H,3,6-11,17H2,(H,18,21)(H,19,20). The van der Waals surface area contributed by atoms with Crippen molar-refractivity contribution in [1.82, 2.24) is 5.32 Å². The van der Waals surface area contributed by atoms with Crippen molar-refractivity contribution in [1.29, 1.82) is 0 Å². The predicted octanol–water partition coefficient (Wildman–Crippen LogP) is 1.56. The molecule has 0 unspecified atom stereocenters. The van der Waals surface area contributed by atoms with Crippen LogP contribution in [0.3, 0.4) is 0 Å². The highest BCUT2D eigenvalue weighted by Crippen LogP contribution is 2.43. The first-order valence-corrected chi connectivity index (χ1v) is 7.34. The summed E-state index contributed by atoms with van der Waals surface area (Å²) in [6.07, 6.45) is 3.54. The Morgan fingerprint density at radius 3 is 2.57 bits per heavy atom. The number of nitrogens with one attached hydrogen (secondary N) is 1. The van der Waals surface area contributed by atoms with E-state index in [0.717, 1.165) is 24.8 Å². The highest BCUT2D eigenvalue weighted by Gasteiger charge is 2.39. The number of benzene rings is 1. The van der Waals surface area contributed by atoms with Gasteiger partial charge in [-0.2, -0.15) is 0 Å². The van der Waals surface area contributed by atoms with Crippen molar-refractivity contribution in [2.75, 3.05) is 13.1 Å². The lowest BCUT2D eigenvalue weighted by Gasteiger charge is -2.40. The van der Waals surface area contributed by atoms with E-state index in [1.165, 1.54) is 0 Å². The molecule has 114 valence electrons. The molecule has 1 fully saturated rings. The van der Waals surface area contributed by atoms with Gasteiger partial charge in [-0.3, -0.25) is 9.59 Å². The van der Waals surface area contributed by atoms with E-state index in [1.54, 1.807) is 6.07 Å². The van der Waals surface area contributed by atoms with Gasteiger partial charge in [0.05, 0.1) is 6.42 Å². The molecular formula is C16H22N2O3. The van der Waals surface area contributed by atoms with Crippen LogP contribution in [0.15, 0.2) is 24.3 Å². The van der Waals surface area contributed by atoms with Crippen molar-refractivity contribution < 1.29 is 14.7 Å². The van der Waals surface area contributed by atoms with Gasteiger partial charge in [-0.15, -0.1) is 0 Å². The van der Waals surface area contributed by atoms with Gasteiger partial charge < -0.3 is 16.2 Å². The first-order valence-electron chi connectivity index (χ1n) is 7.34. The van der Waals surface area contributed by atoms with Crippen LogP contribution in [-0.2, 0) is 11.2 Å². The molecule has 0 spiro atoms. The Hall–Kier alpha value is -1.88. The monoisotopic (exact) mass is 290 g/mol. The highest BCUT2D eigenvalue weighted by molar-refractivity contribution is 5.95. The van der Waals surface area contributed by atoms with Crippen molar-refractivity contribution in [2.24, 2.45) is 11.1 Å². The summed E-state index contributed by atoms with van der Waals surface area (Å²) in [6.45, 7) is 0.919. The van der Waals surface area contributed by atoms with Crippen molar-refractivity contribution >= 4 is 11.9 Å². The summed E-state index contributed by atoms with van der Waals surface area (Å²) in [4.78, 5) is 23.2. The second kappa shape index (κ2) is 6.72. The van der Waals surface area contributed by atoms with Gasteiger partial charge in [0.15, 0.2) is 0 Å². The molecule has 1 aromatic rings. The number of carboxylic acids is 1. The van der Waals surface area contributed by atoms with E-state index in [-0.39, 0.29) is 17.7 Å². The van der Waals surface area contributed by atoms with E-state index in [4.69, 9.17) is 10.8 Å². The number of carboxylic acid groups (broad SMARTS) is 1. The van der Waals surface area contributed by atoms with Crippen LogP contribution in [0.1, 0.15) is 41.6 Å². The van der Waals surface area contributed by atoms with Gasteiger partial charge in [0, 0.05) is 12.1 Å². The van der Waals surface area contributed by atoms with E-state index in [9.17, 15) is 9.59 Å². The summed E-state index contributed by atoms with van der Waals surface area (Å²) in [5.41, 5.74) is 6.86. The predicted molar refractivity (Wildman–Crippen MR) is 80.1 cm³/mol. The fourth-order valence-electron chi connectivity index (χ4n) is 2.89. The number of rotatable bonds is 7. The zero-order valence-electron chi connectivity index (χ0n) is 12.1. The zero-order valence-corrected chi connectivity index (χ0v) is 12.1. The summed E-state index contributed by atoms with van der Waals surface area (Å²) in [7, 11) is 0. The molecule has 0 heterocycles. The molecule has 0 aromatic heterocycles. The lowest BCUT2D eigenvalue weighted by atomic mass is 9.66. The van der Waals surface area contributed by atoms with E-state index in [0.29, 0.717) is 25.1 Å². The summed E-state index contributed by atoms with van der Waals surface area (Å²) >= 11 is 0. The van der Waals surface area contributed by atoms with Crippen molar-refractivity contribution in [3.05, 3.63) is 35.4 Å². The van der Waals surface area contributed by atoms with Crippen LogP contribution in [0.4, 0.5) is 0 Å². The number of carbonyl (C=O) groups excluding carboxylic acids is 1. The second-order valence-electron chi connectivity index (χ2n) is 5.80. The third-order valence-electron chi connectivity index (χ3n) is 4.24. The first-order chi connectivity index (χ1) is 10.1. The zero-order chi connectivity index (χ0) is 15.3. The Morgan fingerprint density at radius 2 is 2.00 bits per heavy atom. The topological polar surface area (TPSA) is 92.4 Å². The third kappa shape index (κ3) is 3.82. The molecule has 1 saturated carbocycles. The minimum absolute atomic E-state index is 0.123. The maximum Gasteiger partial charge on any atom is 0.303 e. The minimum atomic E-state index is -0.799. The van der Waals surface area contributed by atoms with Crippen LogP contribution >= 0.6 is 0 Å². The van der Waals surface area contributed by atoms with Crippen LogP contribution < -0.4 is 11.1 Å². The van der Waals surface area contributed by atoms with Gasteiger partial charge in [-0.1, -0.05) is 24.6 Å². The van der Waals surface area contributed by atoms with Crippen LogP contribution in [0.25, 0.3) is 0 Å². The van der Waals surface area contributed by atoms with E-state index >= 15 is 0 Å². The Kier molecular flexibility index (Phi) is 4.96. The molecule has 21 heavy (non-hydrogen) atoms. The molecule has 1 aliphatic carbocycles. The Balaban J connectivity index is 2.00. The molecule has 4 N–H and O–H groups in total. The number of aliphatic carboxylic acids is 1. The Morgan fingerprint density at radius 1 is 1.29 bits per heavy atom. The number of carbonyl (C=O) groups is 2. The average molecular weight is 290 g/mol. The molecule has 5 heteroatoms. The maximum atomic E-state index is 12.3. The molecule has 5 nitrogen and oxygen atoms in total. The summed E-state index contributed by atoms with van der Waals surface area (Å²) in [5, 5.41) is 11.9. The van der Waals surface area contributed by atoms with Crippen molar-refractivity contribution in [3.8, 4) is 0 Å². The molecule has 1 aliphatic rings. The summed E-state index contributed by atoms with van der Waals surface area (Å²) in [6, 6.07) is 7.40. The molecule has 0 radical (unpaired) electrons. The lowest BCUT2D eigenvalue weighted by molar-refractivity contribution is -0.141. The maximum absolute atomic E-state index is 12.3. The van der Waals surface area contributed by atoms with Crippen molar-refractivity contribution in [2.45, 2.75) is 32.1 Å². The van der Waals surface area contributed by atoms with E-state index in [2.05, 4.69) is 5.32 Å². The smallest absolute Gasteiger partial charge is 0.303 e. The Bertz CT molecular complexity index is 524. The van der Waals surface area contributed by atoms with Crippen LogP contribution in [0.5, 0.6) is 0 Å². The van der Waals surface area contributed by atoms with Gasteiger partial charge in [-0.25, -0.2) is 0 Å². The number of amides is 1. The van der Waals surface area contributed by atoms with Gasteiger partial charge in [0.1, 0.15) is 0 Å². The molecule has 0 bridgehead atoms. The van der Waals surface area contributed by atoms with Gasteiger partial charge >= 0.3 is 5.97 Å². The van der Waals surface area contributed by atoms with Crippen LogP contribution in [0.2, 0.25) is 0 Å². The SMILES string of the molecule is NCCc1ccccc1C(=O)NCC1(CC(=O)O)CCC1. The number of nitrogens with two attached hydrogens (primary N) is 1. The number of hydrogen-bond acceptors (Lipinski definition) is 3. The van der Waals surface area contributed by atoms with Crippen molar-refractivity contribution in [3.63, 3.8) is 0 Å². The molecular weight excluding hydrogens is 268 g/mol. The van der Waals surface area contributed by atoms with Gasteiger partial charge in [0.25, 0.3) is 5.91 Å². The summed E-state index contributed by atoms with van der Waals surface area (Å²) in [5.74, 6) is -0.941. The minimum Gasteiger partial charge on any atom is -0.481 e. The number of hydrogen-bond donors (Lipinski definition) is 3. The lowest BCUT2D eigenvalue weighted by Crippen LogP contribution is -2.43. The normalized spacial score (nSPS) is 16.0. The fourth-order valence-corrected chi connectivity index (χ4v) is 2.89. The molecule has 0 atom stereocenters. The Labute approximate surface area is 124 Å². The van der Waals surface area contributed by atoms with Crippen LogP contribution in [-0.4, -0.2) is 30.1 Å². The van der Waals surface area contributed by atoms with Crippen LogP contribution in [0, 0.1) is 5.41 Å².